The number of halogens is 1. The summed E-state index contributed by atoms with van der Waals surface area (Å²) in [5, 5.41) is 4.23. The van der Waals surface area contributed by atoms with Crippen molar-refractivity contribution in [2.75, 3.05) is 33.9 Å². The van der Waals surface area contributed by atoms with E-state index in [1.54, 1.807) is 0 Å². The van der Waals surface area contributed by atoms with Crippen LogP contribution < -0.4 is 5.32 Å². The Morgan fingerprint density at radius 2 is 2.23 bits per heavy atom. The van der Waals surface area contributed by atoms with Gasteiger partial charge >= 0.3 is 0 Å². The summed E-state index contributed by atoms with van der Waals surface area (Å²) in [7, 11) is 5.88. The maximum atomic E-state index is 6.04. The molecule has 124 valence electrons. The Bertz CT molecular complexity index is 494. The molecule has 22 heavy (non-hydrogen) atoms. The highest BCUT2D eigenvalue weighted by atomic mass is 35.5. The minimum absolute atomic E-state index is 0.772. The number of aromatic nitrogens is 1. The molecular formula is C16H27ClN4O. The molecule has 1 saturated heterocycles. The lowest BCUT2D eigenvalue weighted by molar-refractivity contribution is 0.0643. The Hall–Kier alpha value is -1.20. The summed E-state index contributed by atoms with van der Waals surface area (Å²) >= 11 is 6.04. The fourth-order valence-electron chi connectivity index (χ4n) is 2.85. The summed E-state index contributed by atoms with van der Waals surface area (Å²) in [5.74, 6) is 1.70. The average Bonchev–Trinajstić information content (AvgIpc) is 2.82. The van der Waals surface area contributed by atoms with Crippen molar-refractivity contribution < 1.29 is 4.74 Å². The average molecular weight is 327 g/mol. The van der Waals surface area contributed by atoms with Crippen molar-refractivity contribution >= 4 is 17.6 Å². The van der Waals surface area contributed by atoms with E-state index in [2.05, 4.69) is 15.2 Å². The number of nitrogens with one attached hydrogen (secondary N) is 1. The summed E-state index contributed by atoms with van der Waals surface area (Å²) in [6.07, 6.45) is 5.45. The van der Waals surface area contributed by atoms with Gasteiger partial charge in [0.25, 0.3) is 0 Å². The van der Waals surface area contributed by atoms with Crippen molar-refractivity contribution in [1.29, 1.82) is 0 Å². The molecular weight excluding hydrogens is 300 g/mol. The van der Waals surface area contributed by atoms with Gasteiger partial charge in [-0.15, -0.1) is 0 Å². The number of aliphatic imine (C=N–C) groups is 1. The number of hydrogen-bond donors (Lipinski definition) is 1. The van der Waals surface area contributed by atoms with Crippen LogP contribution in [0.15, 0.2) is 17.3 Å². The molecule has 1 aromatic rings. The van der Waals surface area contributed by atoms with Crippen LogP contribution in [0.3, 0.4) is 0 Å². The minimum Gasteiger partial charge on any atom is -0.381 e. The van der Waals surface area contributed by atoms with E-state index < -0.39 is 0 Å². The van der Waals surface area contributed by atoms with Crippen LogP contribution in [0.1, 0.15) is 25.0 Å². The molecule has 1 aliphatic heterocycles. The second-order valence-corrected chi connectivity index (χ2v) is 6.37. The van der Waals surface area contributed by atoms with Gasteiger partial charge in [-0.3, -0.25) is 4.99 Å². The van der Waals surface area contributed by atoms with Crippen LogP contribution in [0.4, 0.5) is 0 Å². The predicted octanol–water partition coefficient (Wildman–Crippen LogP) is 2.50. The fraction of sp³-hybridized carbons (Fsp3) is 0.688. The molecule has 1 aromatic heterocycles. The molecule has 0 spiro atoms. The van der Waals surface area contributed by atoms with Crippen molar-refractivity contribution in [2.45, 2.75) is 25.8 Å². The van der Waals surface area contributed by atoms with E-state index in [4.69, 9.17) is 16.3 Å². The third-order valence-electron chi connectivity index (χ3n) is 4.22. The third-order valence-corrected chi connectivity index (χ3v) is 4.43. The molecule has 0 unspecified atom stereocenters. The number of guanidine groups is 1. The predicted molar refractivity (Wildman–Crippen MR) is 91.4 cm³/mol. The highest BCUT2D eigenvalue weighted by Crippen LogP contribution is 2.17. The quantitative estimate of drug-likeness (QED) is 0.667. The van der Waals surface area contributed by atoms with Crippen molar-refractivity contribution in [3.63, 3.8) is 0 Å². The van der Waals surface area contributed by atoms with Gasteiger partial charge in [-0.05, 0) is 31.2 Å². The van der Waals surface area contributed by atoms with Crippen molar-refractivity contribution in [3.05, 3.63) is 23.0 Å². The second kappa shape index (κ2) is 8.44. The van der Waals surface area contributed by atoms with Crippen molar-refractivity contribution in [3.8, 4) is 0 Å². The van der Waals surface area contributed by atoms with Gasteiger partial charge in [0.15, 0.2) is 5.96 Å². The summed E-state index contributed by atoms with van der Waals surface area (Å²) in [5.41, 5.74) is 1.17. The number of ether oxygens (including phenoxy) is 1. The lowest BCUT2D eigenvalue weighted by Crippen LogP contribution is -2.39. The Morgan fingerprint density at radius 1 is 1.50 bits per heavy atom. The molecule has 1 N–H and O–H groups in total. The largest absolute Gasteiger partial charge is 0.381 e. The molecule has 0 aromatic carbocycles. The molecule has 0 radical (unpaired) electrons. The molecule has 0 atom stereocenters. The van der Waals surface area contributed by atoms with Crippen LogP contribution in [0.5, 0.6) is 0 Å². The first-order valence-electron chi connectivity index (χ1n) is 7.90. The highest BCUT2D eigenvalue weighted by Gasteiger charge is 2.14. The van der Waals surface area contributed by atoms with Gasteiger partial charge in [-0.2, -0.15) is 0 Å². The van der Waals surface area contributed by atoms with E-state index in [-0.39, 0.29) is 0 Å². The normalized spacial score (nSPS) is 16.8. The molecule has 1 aliphatic rings. The Labute approximate surface area is 138 Å². The molecule has 2 heterocycles. The maximum Gasteiger partial charge on any atom is 0.193 e. The fourth-order valence-corrected chi connectivity index (χ4v) is 3.12. The summed E-state index contributed by atoms with van der Waals surface area (Å²) < 4.78 is 7.45. The van der Waals surface area contributed by atoms with Crippen molar-refractivity contribution in [1.82, 2.24) is 14.8 Å². The zero-order valence-electron chi connectivity index (χ0n) is 13.8. The Morgan fingerprint density at radius 3 is 2.82 bits per heavy atom. The first-order chi connectivity index (χ1) is 10.6. The molecule has 2 rings (SSSR count). The summed E-state index contributed by atoms with van der Waals surface area (Å²) in [4.78, 5) is 6.49. The molecule has 0 amide bonds. The van der Waals surface area contributed by atoms with Gasteiger partial charge in [0, 0.05) is 52.8 Å². The standard InChI is InChI=1S/C16H27ClN4O/c1-18-16(19-7-4-13-5-8-22-9-6-13)21(3)12-15-10-14(17)11-20(15)2/h10-11,13H,4-9,12H2,1-3H3,(H,18,19). The van der Waals surface area contributed by atoms with Crippen LogP contribution in [0.2, 0.25) is 5.02 Å². The Kier molecular flexibility index (Phi) is 6.58. The first kappa shape index (κ1) is 17.2. The van der Waals surface area contributed by atoms with E-state index in [0.717, 1.165) is 43.2 Å². The lowest BCUT2D eigenvalue weighted by Gasteiger charge is -2.25. The summed E-state index contributed by atoms with van der Waals surface area (Å²) in [6, 6.07) is 1.99. The first-order valence-corrected chi connectivity index (χ1v) is 8.28. The van der Waals surface area contributed by atoms with E-state index >= 15 is 0 Å². The van der Waals surface area contributed by atoms with Crippen LogP contribution in [-0.2, 0) is 18.3 Å². The maximum absolute atomic E-state index is 6.04. The topological polar surface area (TPSA) is 41.8 Å². The minimum atomic E-state index is 0.772. The van der Waals surface area contributed by atoms with Crippen LogP contribution in [-0.4, -0.2) is 49.3 Å². The zero-order valence-corrected chi connectivity index (χ0v) is 14.6. The lowest BCUT2D eigenvalue weighted by atomic mass is 9.97. The SMILES string of the molecule is CN=C(NCCC1CCOCC1)N(C)Cc1cc(Cl)cn1C. The number of rotatable bonds is 5. The van der Waals surface area contributed by atoms with Crippen LogP contribution >= 0.6 is 11.6 Å². The molecule has 0 bridgehead atoms. The van der Waals surface area contributed by atoms with E-state index in [9.17, 15) is 0 Å². The van der Waals surface area contributed by atoms with Gasteiger partial charge in [0.1, 0.15) is 0 Å². The Balaban J connectivity index is 1.79. The van der Waals surface area contributed by atoms with Crippen LogP contribution in [0.25, 0.3) is 0 Å². The van der Waals surface area contributed by atoms with Crippen molar-refractivity contribution in [2.24, 2.45) is 18.0 Å². The third kappa shape index (κ3) is 4.92. The second-order valence-electron chi connectivity index (χ2n) is 5.94. The van der Waals surface area contributed by atoms with E-state index in [1.807, 2.05) is 38.0 Å². The van der Waals surface area contributed by atoms with Gasteiger partial charge in [-0.25, -0.2) is 0 Å². The monoisotopic (exact) mass is 326 g/mol. The zero-order chi connectivity index (χ0) is 15.9. The van der Waals surface area contributed by atoms with Gasteiger partial charge in [0.2, 0.25) is 0 Å². The van der Waals surface area contributed by atoms with Gasteiger partial charge in [0.05, 0.1) is 11.6 Å². The van der Waals surface area contributed by atoms with Gasteiger partial charge in [-0.1, -0.05) is 11.6 Å². The highest BCUT2D eigenvalue weighted by molar-refractivity contribution is 6.30. The van der Waals surface area contributed by atoms with Gasteiger partial charge < -0.3 is 19.5 Å². The number of nitrogens with zero attached hydrogens (tertiary/aromatic N) is 3. The number of hydrogen-bond acceptors (Lipinski definition) is 2. The van der Waals surface area contributed by atoms with E-state index in [0.29, 0.717) is 0 Å². The molecule has 5 nitrogen and oxygen atoms in total. The molecule has 0 aliphatic carbocycles. The smallest absolute Gasteiger partial charge is 0.193 e. The number of aryl methyl sites for hydroxylation is 1. The molecule has 6 heteroatoms. The van der Waals surface area contributed by atoms with Crippen LogP contribution in [0, 0.1) is 5.92 Å². The summed E-state index contributed by atoms with van der Waals surface area (Å²) in [6.45, 7) is 3.55. The molecule has 0 saturated carbocycles. The van der Waals surface area contributed by atoms with E-state index in [1.165, 1.54) is 25.0 Å². The molecule has 1 fully saturated rings.